The molecule has 0 aliphatic heterocycles. The molecule has 0 aliphatic rings. The van der Waals surface area contributed by atoms with Gasteiger partial charge in [0.1, 0.15) is 0 Å². The number of urea groups is 1. The number of halogens is 2. The van der Waals surface area contributed by atoms with Crippen LogP contribution in [-0.4, -0.2) is 23.5 Å². The van der Waals surface area contributed by atoms with Crippen molar-refractivity contribution in [2.75, 3.05) is 6.54 Å². The molecule has 0 bridgehead atoms. The Bertz CT molecular complexity index is 421. The Labute approximate surface area is 118 Å². The monoisotopic (exact) mass is 288 g/mol. The first-order valence-corrected chi connectivity index (χ1v) is 6.69. The van der Waals surface area contributed by atoms with Crippen LogP contribution in [0.2, 0.25) is 10.0 Å². The average Bonchev–Trinajstić information content (AvgIpc) is 2.30. The third-order valence-corrected chi connectivity index (χ3v) is 3.29. The maximum atomic E-state index is 11.9. The van der Waals surface area contributed by atoms with Crippen molar-refractivity contribution >= 4 is 29.2 Å². The van der Waals surface area contributed by atoms with E-state index >= 15 is 0 Å². The van der Waals surface area contributed by atoms with E-state index < -0.39 is 0 Å². The van der Waals surface area contributed by atoms with E-state index in [0.29, 0.717) is 23.1 Å². The van der Waals surface area contributed by atoms with Crippen LogP contribution in [0.25, 0.3) is 0 Å². The number of hydrogen-bond donors (Lipinski definition) is 1. The molecule has 1 aromatic rings. The molecule has 18 heavy (non-hydrogen) atoms. The lowest BCUT2D eigenvalue weighted by atomic mass is 10.2. The second-order valence-electron chi connectivity index (χ2n) is 4.31. The number of nitrogens with zero attached hydrogens (tertiary/aromatic N) is 1. The predicted molar refractivity (Wildman–Crippen MR) is 76.2 cm³/mol. The highest BCUT2D eigenvalue weighted by atomic mass is 35.5. The van der Waals surface area contributed by atoms with Crippen LogP contribution in [0, 0.1) is 0 Å². The molecule has 0 saturated carbocycles. The van der Waals surface area contributed by atoms with E-state index in [9.17, 15) is 4.79 Å². The first-order chi connectivity index (χ1) is 8.45. The highest BCUT2D eigenvalue weighted by Crippen LogP contribution is 2.23. The minimum absolute atomic E-state index is 0.0708. The Kier molecular flexibility index (Phi) is 5.76. The van der Waals surface area contributed by atoms with Crippen LogP contribution < -0.4 is 5.32 Å². The summed E-state index contributed by atoms with van der Waals surface area (Å²) in [4.78, 5) is 13.6. The van der Waals surface area contributed by atoms with E-state index in [1.54, 1.807) is 17.0 Å². The number of hydrogen-bond acceptors (Lipinski definition) is 1. The largest absolute Gasteiger partial charge is 0.338 e. The van der Waals surface area contributed by atoms with Crippen molar-refractivity contribution in [1.82, 2.24) is 10.2 Å². The summed E-state index contributed by atoms with van der Waals surface area (Å²) in [6.45, 7) is 6.99. The Balaban J connectivity index is 2.83. The summed E-state index contributed by atoms with van der Waals surface area (Å²) in [5.41, 5.74) is 0.962. The van der Waals surface area contributed by atoms with Gasteiger partial charge in [-0.2, -0.15) is 0 Å². The molecular weight excluding hydrogens is 271 g/mol. The quantitative estimate of drug-likeness (QED) is 0.894. The van der Waals surface area contributed by atoms with E-state index in [4.69, 9.17) is 23.2 Å². The van der Waals surface area contributed by atoms with Gasteiger partial charge in [0.15, 0.2) is 0 Å². The summed E-state index contributed by atoms with van der Waals surface area (Å²) < 4.78 is 0. The molecule has 0 saturated heterocycles. The van der Waals surface area contributed by atoms with Crippen LogP contribution in [0.5, 0.6) is 0 Å². The smallest absolute Gasteiger partial charge is 0.317 e. The molecule has 0 aromatic heterocycles. The zero-order valence-corrected chi connectivity index (χ0v) is 12.3. The summed E-state index contributed by atoms with van der Waals surface area (Å²) in [6, 6.07) is 5.46. The molecule has 1 rings (SSSR count). The van der Waals surface area contributed by atoms with Gasteiger partial charge >= 0.3 is 6.03 Å². The second kappa shape index (κ2) is 6.86. The molecule has 0 spiro atoms. The van der Waals surface area contributed by atoms with Crippen molar-refractivity contribution in [3.05, 3.63) is 33.8 Å². The van der Waals surface area contributed by atoms with Crippen LogP contribution in [0.3, 0.4) is 0 Å². The molecule has 2 amide bonds. The lowest BCUT2D eigenvalue weighted by Gasteiger charge is -2.27. The predicted octanol–water partition coefficient (Wildman–Crippen LogP) is 3.93. The van der Waals surface area contributed by atoms with Gasteiger partial charge < -0.3 is 10.2 Å². The minimum atomic E-state index is -0.0708. The SMILES string of the molecule is CCNC(=O)N(Cc1ccc(Cl)c(Cl)c1)C(C)C. The number of amides is 2. The zero-order valence-electron chi connectivity index (χ0n) is 10.8. The van der Waals surface area contributed by atoms with Crippen LogP contribution in [0.4, 0.5) is 4.79 Å². The number of benzene rings is 1. The number of carbonyl (C=O) groups excluding carboxylic acids is 1. The standard InChI is InChI=1S/C13H18Cl2N2O/c1-4-16-13(18)17(9(2)3)8-10-5-6-11(14)12(15)7-10/h5-7,9H,4,8H2,1-3H3,(H,16,18). The summed E-state index contributed by atoms with van der Waals surface area (Å²) in [7, 11) is 0. The molecule has 0 heterocycles. The maximum Gasteiger partial charge on any atom is 0.317 e. The first kappa shape index (κ1) is 15.1. The molecule has 0 unspecified atom stereocenters. The Morgan fingerprint density at radius 3 is 2.50 bits per heavy atom. The maximum absolute atomic E-state index is 11.9. The van der Waals surface area contributed by atoms with Crippen LogP contribution in [0.15, 0.2) is 18.2 Å². The molecule has 0 aliphatic carbocycles. The van der Waals surface area contributed by atoms with Crippen molar-refractivity contribution in [1.29, 1.82) is 0 Å². The van der Waals surface area contributed by atoms with Gasteiger partial charge in [-0.25, -0.2) is 4.79 Å². The highest BCUT2D eigenvalue weighted by molar-refractivity contribution is 6.42. The summed E-state index contributed by atoms with van der Waals surface area (Å²) in [5.74, 6) is 0. The molecule has 0 fully saturated rings. The fourth-order valence-corrected chi connectivity index (χ4v) is 1.90. The van der Waals surface area contributed by atoms with Crippen molar-refractivity contribution in [2.45, 2.75) is 33.4 Å². The van der Waals surface area contributed by atoms with E-state index in [-0.39, 0.29) is 12.1 Å². The van der Waals surface area contributed by atoms with Crippen molar-refractivity contribution in [3.8, 4) is 0 Å². The Morgan fingerprint density at radius 2 is 2.00 bits per heavy atom. The molecule has 100 valence electrons. The van der Waals surface area contributed by atoms with E-state index in [0.717, 1.165) is 5.56 Å². The summed E-state index contributed by atoms with van der Waals surface area (Å²) >= 11 is 11.8. The van der Waals surface area contributed by atoms with Gasteiger partial charge in [0.2, 0.25) is 0 Å². The topological polar surface area (TPSA) is 32.3 Å². The fraction of sp³-hybridized carbons (Fsp3) is 0.462. The van der Waals surface area contributed by atoms with Gasteiger partial charge in [0.25, 0.3) is 0 Å². The first-order valence-electron chi connectivity index (χ1n) is 5.94. The van der Waals surface area contributed by atoms with Crippen LogP contribution >= 0.6 is 23.2 Å². The summed E-state index contributed by atoms with van der Waals surface area (Å²) in [6.07, 6.45) is 0. The normalized spacial score (nSPS) is 10.6. The van der Waals surface area contributed by atoms with E-state index in [2.05, 4.69) is 5.32 Å². The molecule has 0 atom stereocenters. The van der Waals surface area contributed by atoms with Gasteiger partial charge in [0, 0.05) is 19.1 Å². The van der Waals surface area contributed by atoms with E-state index in [1.165, 1.54) is 0 Å². The van der Waals surface area contributed by atoms with Crippen molar-refractivity contribution in [3.63, 3.8) is 0 Å². The summed E-state index contributed by atoms with van der Waals surface area (Å²) in [5, 5.41) is 3.83. The van der Waals surface area contributed by atoms with E-state index in [1.807, 2.05) is 26.8 Å². The van der Waals surface area contributed by atoms with Gasteiger partial charge in [-0.1, -0.05) is 29.3 Å². The fourth-order valence-electron chi connectivity index (χ4n) is 1.58. The average molecular weight is 289 g/mol. The number of rotatable bonds is 4. The van der Waals surface area contributed by atoms with Crippen molar-refractivity contribution < 1.29 is 4.79 Å². The Morgan fingerprint density at radius 1 is 1.33 bits per heavy atom. The third-order valence-electron chi connectivity index (χ3n) is 2.55. The lowest BCUT2D eigenvalue weighted by molar-refractivity contribution is 0.180. The van der Waals surface area contributed by atoms with Crippen LogP contribution in [0.1, 0.15) is 26.3 Å². The van der Waals surface area contributed by atoms with Gasteiger partial charge in [-0.05, 0) is 38.5 Å². The van der Waals surface area contributed by atoms with Gasteiger partial charge in [-0.15, -0.1) is 0 Å². The number of nitrogens with one attached hydrogen (secondary N) is 1. The minimum Gasteiger partial charge on any atom is -0.338 e. The number of carbonyl (C=O) groups is 1. The second-order valence-corrected chi connectivity index (χ2v) is 5.12. The third kappa shape index (κ3) is 4.07. The lowest BCUT2D eigenvalue weighted by Crippen LogP contribution is -2.43. The van der Waals surface area contributed by atoms with Gasteiger partial charge in [0.05, 0.1) is 10.0 Å². The Hall–Kier alpha value is -0.930. The molecule has 1 aromatic carbocycles. The van der Waals surface area contributed by atoms with Crippen LogP contribution in [-0.2, 0) is 6.54 Å². The molecule has 3 nitrogen and oxygen atoms in total. The molecular formula is C13H18Cl2N2O. The molecule has 1 N–H and O–H groups in total. The van der Waals surface area contributed by atoms with Crippen molar-refractivity contribution in [2.24, 2.45) is 0 Å². The van der Waals surface area contributed by atoms with Gasteiger partial charge in [-0.3, -0.25) is 0 Å². The molecule has 5 heteroatoms. The highest BCUT2D eigenvalue weighted by Gasteiger charge is 2.16. The zero-order chi connectivity index (χ0) is 13.7. The molecule has 0 radical (unpaired) electrons.